The van der Waals surface area contributed by atoms with Gasteiger partial charge >= 0.3 is 0 Å². The predicted octanol–water partition coefficient (Wildman–Crippen LogP) is 4.59. The number of carbonyl (C=O) groups excluding carboxylic acids is 2. The molecule has 1 aromatic carbocycles. The number of Topliss-reactive ketones (excluding diaryl/α,β-unsaturated/α-hetero) is 2. The number of carbonyl (C=O) groups is 2. The van der Waals surface area contributed by atoms with Crippen LogP contribution in [-0.2, 0) is 0 Å². The molecule has 0 spiro atoms. The summed E-state index contributed by atoms with van der Waals surface area (Å²) in [6.07, 6.45) is 0. The highest BCUT2D eigenvalue weighted by Crippen LogP contribution is 2.38. The molecule has 0 unspecified atom stereocenters. The maximum Gasteiger partial charge on any atom is 0.203 e. The van der Waals surface area contributed by atoms with E-state index < -0.39 is 0 Å². The number of allylic oxidation sites excluding steroid dienone is 2. The Morgan fingerprint density at radius 1 is 0.812 bits per heavy atom. The van der Waals surface area contributed by atoms with Gasteiger partial charge in [-0.25, -0.2) is 0 Å². The van der Waals surface area contributed by atoms with Crippen LogP contribution in [0.4, 0.5) is 0 Å². The van der Waals surface area contributed by atoms with Crippen LogP contribution in [-0.4, -0.2) is 11.6 Å². The van der Waals surface area contributed by atoms with E-state index in [1.807, 2.05) is 0 Å². The molecule has 2 nitrogen and oxygen atoms in total. The highest BCUT2D eigenvalue weighted by Gasteiger charge is 2.32. The first-order valence-corrected chi connectivity index (χ1v) is 7.25. The van der Waals surface area contributed by atoms with Crippen LogP contribution in [0.1, 0.15) is 20.7 Å². The molecule has 0 amide bonds. The third-order valence-corrected chi connectivity index (χ3v) is 6.22. The summed E-state index contributed by atoms with van der Waals surface area (Å²) in [4.78, 5) is 23.9. The number of benzene rings is 1. The van der Waals surface area contributed by atoms with Crippen molar-refractivity contribution in [1.29, 1.82) is 0 Å². The van der Waals surface area contributed by atoms with Crippen molar-refractivity contribution in [3.8, 4) is 0 Å². The summed E-state index contributed by atoms with van der Waals surface area (Å²) in [7, 11) is 0. The molecule has 0 aliphatic heterocycles. The summed E-state index contributed by atoms with van der Waals surface area (Å²) in [6.45, 7) is 0. The average Bonchev–Trinajstić information content (AvgIpc) is 2.27. The van der Waals surface area contributed by atoms with Gasteiger partial charge in [0.05, 0.1) is 8.96 Å². The SMILES string of the molecule is O=C1C(Br)=C(Br)C(=O)c2c1ccc(Br)c2Br. The zero-order chi connectivity index (χ0) is 12.0. The molecule has 0 aromatic heterocycles. The van der Waals surface area contributed by atoms with Crippen LogP contribution in [0.2, 0.25) is 0 Å². The Morgan fingerprint density at radius 3 is 2.00 bits per heavy atom. The molecule has 0 radical (unpaired) electrons. The topological polar surface area (TPSA) is 34.1 Å². The van der Waals surface area contributed by atoms with E-state index in [2.05, 4.69) is 63.7 Å². The summed E-state index contributed by atoms with van der Waals surface area (Å²) in [5, 5.41) is 0. The Balaban J connectivity index is 2.82. The monoisotopic (exact) mass is 470 g/mol. The van der Waals surface area contributed by atoms with Gasteiger partial charge < -0.3 is 0 Å². The molecule has 0 fully saturated rings. The highest BCUT2D eigenvalue weighted by atomic mass is 79.9. The molecule has 6 heteroatoms. The third-order valence-electron chi connectivity index (χ3n) is 2.16. The van der Waals surface area contributed by atoms with Crippen LogP contribution >= 0.6 is 63.7 Å². The fourth-order valence-electron chi connectivity index (χ4n) is 1.39. The molecule has 0 atom stereocenters. The largest absolute Gasteiger partial charge is 0.288 e. The predicted molar refractivity (Wildman–Crippen MR) is 75.4 cm³/mol. The highest BCUT2D eigenvalue weighted by molar-refractivity contribution is 9.14. The van der Waals surface area contributed by atoms with E-state index in [1.54, 1.807) is 12.1 Å². The Labute approximate surface area is 125 Å². The molecule has 0 N–H and O–H groups in total. The van der Waals surface area contributed by atoms with Gasteiger partial charge in [0.15, 0.2) is 0 Å². The Hall–Kier alpha value is 0.220. The molecule has 0 saturated carbocycles. The quantitative estimate of drug-likeness (QED) is 0.552. The van der Waals surface area contributed by atoms with Crippen molar-refractivity contribution >= 4 is 75.3 Å². The lowest BCUT2D eigenvalue weighted by molar-refractivity contribution is 0.0989. The number of rotatable bonds is 0. The van der Waals surface area contributed by atoms with Crippen molar-refractivity contribution in [2.75, 3.05) is 0 Å². The maximum absolute atomic E-state index is 12.0. The van der Waals surface area contributed by atoms with E-state index in [4.69, 9.17) is 0 Å². The first kappa shape index (κ1) is 12.7. The number of halogens is 4. The second-order valence-corrected chi connectivity index (χ2v) is 6.30. The molecular weight excluding hydrogens is 472 g/mol. The van der Waals surface area contributed by atoms with Gasteiger partial charge in [-0.3, -0.25) is 9.59 Å². The minimum atomic E-state index is -0.213. The minimum Gasteiger partial charge on any atom is -0.288 e. The Kier molecular flexibility index (Phi) is 3.55. The van der Waals surface area contributed by atoms with Crippen molar-refractivity contribution in [2.24, 2.45) is 0 Å². The van der Waals surface area contributed by atoms with Crippen molar-refractivity contribution in [2.45, 2.75) is 0 Å². The number of hydrogen-bond donors (Lipinski definition) is 0. The van der Waals surface area contributed by atoms with E-state index in [9.17, 15) is 9.59 Å². The molecule has 0 heterocycles. The van der Waals surface area contributed by atoms with Crippen molar-refractivity contribution in [1.82, 2.24) is 0 Å². The van der Waals surface area contributed by atoms with Gasteiger partial charge in [-0.15, -0.1) is 0 Å². The first-order chi connectivity index (χ1) is 7.45. The third kappa shape index (κ3) is 1.79. The molecular formula is C10H2Br4O2. The molecule has 0 bridgehead atoms. The fraction of sp³-hybridized carbons (Fsp3) is 0. The standard InChI is InChI=1S/C10H2Br4O2/c11-4-2-1-3-5(6(4)12)10(16)8(14)7(13)9(3)15/h1-2H. The maximum atomic E-state index is 12.0. The summed E-state index contributed by atoms with van der Waals surface area (Å²) in [5.41, 5.74) is 0.782. The Bertz CT molecular complexity index is 560. The molecule has 0 saturated heterocycles. The van der Waals surface area contributed by atoms with Crippen LogP contribution < -0.4 is 0 Å². The van der Waals surface area contributed by atoms with Crippen LogP contribution in [0.15, 0.2) is 30.0 Å². The van der Waals surface area contributed by atoms with Gasteiger partial charge in [0.2, 0.25) is 11.6 Å². The number of ketones is 2. The van der Waals surface area contributed by atoms with E-state index in [1.165, 1.54) is 0 Å². The minimum absolute atomic E-state index is 0.199. The second-order valence-electron chi connectivity index (χ2n) is 3.07. The summed E-state index contributed by atoms with van der Waals surface area (Å²) >= 11 is 12.8. The molecule has 2 rings (SSSR count). The lowest BCUT2D eigenvalue weighted by atomic mass is 9.95. The average molecular weight is 474 g/mol. The van der Waals surface area contributed by atoms with Crippen LogP contribution in [0.5, 0.6) is 0 Å². The van der Waals surface area contributed by atoms with Crippen molar-refractivity contribution in [3.05, 3.63) is 41.2 Å². The smallest absolute Gasteiger partial charge is 0.203 e. The lowest BCUT2D eigenvalue weighted by Crippen LogP contribution is -2.18. The molecule has 1 aliphatic rings. The normalized spacial score (nSPS) is 15.5. The van der Waals surface area contributed by atoms with Crippen LogP contribution in [0.25, 0.3) is 0 Å². The van der Waals surface area contributed by atoms with E-state index >= 15 is 0 Å². The van der Waals surface area contributed by atoms with Gasteiger partial charge in [0.25, 0.3) is 0 Å². The van der Waals surface area contributed by atoms with Gasteiger partial charge in [0.1, 0.15) is 0 Å². The summed E-state index contributed by atoms with van der Waals surface area (Å²) in [6, 6.07) is 3.36. The van der Waals surface area contributed by atoms with Gasteiger partial charge in [-0.1, -0.05) is 0 Å². The lowest BCUT2D eigenvalue weighted by Gasteiger charge is -2.16. The first-order valence-electron chi connectivity index (χ1n) is 4.07. The summed E-state index contributed by atoms with van der Waals surface area (Å²) < 4.78 is 1.86. The molecule has 1 aromatic rings. The fourth-order valence-corrected chi connectivity index (χ4v) is 3.02. The van der Waals surface area contributed by atoms with Crippen molar-refractivity contribution < 1.29 is 9.59 Å². The van der Waals surface area contributed by atoms with Gasteiger partial charge in [-0.2, -0.15) is 0 Å². The van der Waals surface area contributed by atoms with Crippen LogP contribution in [0.3, 0.4) is 0 Å². The molecule has 16 heavy (non-hydrogen) atoms. The van der Waals surface area contributed by atoms with E-state index in [0.29, 0.717) is 15.6 Å². The Morgan fingerprint density at radius 2 is 1.38 bits per heavy atom. The number of hydrogen-bond acceptors (Lipinski definition) is 2. The molecule has 1 aliphatic carbocycles. The van der Waals surface area contributed by atoms with Crippen molar-refractivity contribution in [3.63, 3.8) is 0 Å². The zero-order valence-electron chi connectivity index (χ0n) is 7.48. The van der Waals surface area contributed by atoms with E-state index in [-0.39, 0.29) is 20.5 Å². The number of fused-ring (bicyclic) bond motifs is 1. The van der Waals surface area contributed by atoms with E-state index in [0.717, 1.165) is 4.47 Å². The van der Waals surface area contributed by atoms with Gasteiger partial charge in [-0.05, 0) is 75.9 Å². The zero-order valence-corrected chi connectivity index (χ0v) is 13.8. The second kappa shape index (κ2) is 4.48. The van der Waals surface area contributed by atoms with Gasteiger partial charge in [0, 0.05) is 20.1 Å². The van der Waals surface area contributed by atoms with Crippen LogP contribution in [0, 0.1) is 0 Å². The summed E-state index contributed by atoms with van der Waals surface area (Å²) in [5.74, 6) is -0.413. The molecule has 82 valence electrons.